The predicted octanol–water partition coefficient (Wildman–Crippen LogP) is 7.03. The smallest absolute Gasteiger partial charge is 0.306 e. The first-order chi connectivity index (χ1) is 18.9. The van der Waals surface area contributed by atoms with Gasteiger partial charge in [0.05, 0.1) is 33.2 Å². The monoisotopic (exact) mass is 556 g/mol. The number of nitrogens with zero attached hydrogens (tertiary/aromatic N) is 1. The molecular weight excluding hydrogens is 502 g/mol. The number of esters is 1. The van der Waals surface area contributed by atoms with E-state index in [9.17, 15) is 9.90 Å². The number of quaternary nitrogens is 1. The SMILES string of the molecule is CCCCCCC(C)(C)c1cc(O)c2c(c1)OC(C)(C)[C@H]1CC=C(COC(=O)CCC[N+]3(C)CCOCC3)C[C@H]21. The number of unbranched alkanes of at least 4 members (excludes halogenated alkanes) is 3. The van der Waals surface area contributed by atoms with Crippen LogP contribution >= 0.6 is 0 Å². The summed E-state index contributed by atoms with van der Waals surface area (Å²) in [6.07, 6.45) is 11.2. The molecule has 1 aromatic rings. The van der Waals surface area contributed by atoms with Crippen LogP contribution in [0.3, 0.4) is 0 Å². The van der Waals surface area contributed by atoms with E-state index >= 15 is 0 Å². The third-order valence-electron chi connectivity index (χ3n) is 9.87. The van der Waals surface area contributed by atoms with E-state index in [0.29, 0.717) is 18.8 Å². The molecule has 0 amide bonds. The van der Waals surface area contributed by atoms with Gasteiger partial charge in [0.25, 0.3) is 0 Å². The number of hydrogen-bond donors (Lipinski definition) is 1. The molecule has 1 saturated heterocycles. The number of ether oxygens (including phenoxy) is 3. The number of carbonyl (C=O) groups excluding carboxylic acids is 1. The van der Waals surface area contributed by atoms with Gasteiger partial charge in [0.1, 0.15) is 36.8 Å². The highest BCUT2D eigenvalue weighted by atomic mass is 16.5. The first-order valence-corrected chi connectivity index (χ1v) is 15.8. The van der Waals surface area contributed by atoms with Crippen LogP contribution in [-0.4, -0.2) is 67.7 Å². The molecule has 4 rings (SSSR count). The summed E-state index contributed by atoms with van der Waals surface area (Å²) in [5.41, 5.74) is 2.84. The summed E-state index contributed by atoms with van der Waals surface area (Å²) in [6, 6.07) is 4.16. The molecule has 1 N–H and O–H groups in total. The van der Waals surface area contributed by atoms with Gasteiger partial charge >= 0.3 is 5.97 Å². The number of fused-ring (bicyclic) bond motifs is 3. The van der Waals surface area contributed by atoms with Crippen molar-refractivity contribution in [2.24, 2.45) is 5.92 Å². The van der Waals surface area contributed by atoms with E-state index in [1.807, 2.05) is 6.07 Å². The lowest BCUT2D eigenvalue weighted by molar-refractivity contribution is -0.917. The number of hydrogen-bond acceptors (Lipinski definition) is 5. The zero-order valence-electron chi connectivity index (χ0n) is 26.0. The number of rotatable bonds is 12. The molecule has 0 aromatic heterocycles. The maximum Gasteiger partial charge on any atom is 0.306 e. The molecule has 2 heterocycles. The second-order valence-corrected chi connectivity index (χ2v) is 14.0. The van der Waals surface area contributed by atoms with Crippen LogP contribution in [0.2, 0.25) is 0 Å². The Morgan fingerprint density at radius 3 is 2.62 bits per heavy atom. The van der Waals surface area contributed by atoms with Crippen LogP contribution in [-0.2, 0) is 19.7 Å². The van der Waals surface area contributed by atoms with Crippen molar-refractivity contribution in [1.29, 1.82) is 0 Å². The second kappa shape index (κ2) is 12.9. The van der Waals surface area contributed by atoms with Crippen molar-refractivity contribution >= 4 is 5.97 Å². The average molecular weight is 557 g/mol. The Bertz CT molecular complexity index is 1050. The van der Waals surface area contributed by atoms with E-state index in [0.717, 1.165) is 85.5 Å². The zero-order valence-corrected chi connectivity index (χ0v) is 26.0. The summed E-state index contributed by atoms with van der Waals surface area (Å²) in [7, 11) is 2.25. The van der Waals surface area contributed by atoms with Crippen LogP contribution in [0, 0.1) is 5.92 Å². The fourth-order valence-electron chi connectivity index (χ4n) is 6.97. The third kappa shape index (κ3) is 7.42. The van der Waals surface area contributed by atoms with Crippen LogP contribution in [0.1, 0.15) is 109 Å². The van der Waals surface area contributed by atoms with Crippen LogP contribution in [0.5, 0.6) is 11.5 Å². The van der Waals surface area contributed by atoms with Crippen LogP contribution in [0.4, 0.5) is 0 Å². The molecule has 40 heavy (non-hydrogen) atoms. The Morgan fingerprint density at radius 2 is 1.90 bits per heavy atom. The van der Waals surface area contributed by atoms with Gasteiger partial charge < -0.3 is 23.8 Å². The van der Waals surface area contributed by atoms with Crippen molar-refractivity contribution < 1.29 is 28.6 Å². The molecule has 1 aliphatic carbocycles. The minimum Gasteiger partial charge on any atom is -0.508 e. The highest BCUT2D eigenvalue weighted by Gasteiger charge is 2.46. The summed E-state index contributed by atoms with van der Waals surface area (Å²) in [4.78, 5) is 12.6. The highest BCUT2D eigenvalue weighted by Crippen LogP contribution is 2.55. The minimum absolute atomic E-state index is 0.0303. The number of morpholine rings is 1. The molecule has 6 nitrogen and oxygen atoms in total. The van der Waals surface area contributed by atoms with Gasteiger partial charge in [-0.2, -0.15) is 0 Å². The number of aromatic hydroxyl groups is 1. The van der Waals surface area contributed by atoms with E-state index in [1.54, 1.807) is 0 Å². The van der Waals surface area contributed by atoms with Gasteiger partial charge in [0, 0.05) is 23.8 Å². The van der Waals surface area contributed by atoms with Crippen molar-refractivity contribution in [3.63, 3.8) is 0 Å². The van der Waals surface area contributed by atoms with Gasteiger partial charge in [-0.1, -0.05) is 52.5 Å². The zero-order chi connectivity index (χ0) is 29.0. The van der Waals surface area contributed by atoms with Gasteiger partial charge in [-0.15, -0.1) is 0 Å². The molecule has 2 atom stereocenters. The summed E-state index contributed by atoms with van der Waals surface area (Å²) < 4.78 is 18.8. The Balaban J connectivity index is 1.39. The number of allylic oxidation sites excluding steroid dienone is 1. The standard InChI is InChI=1S/C34H53NO5/c1-7-8-9-10-15-33(2,3)26-22-29(36)32-27-21-25(13-14-28(27)34(4,5)40-30(32)23-26)24-39-31(37)12-11-16-35(6)17-19-38-20-18-35/h13,22-23,27-28H,7-12,14-21,24H2,1-6H3/p+1/t27-,28-/m0/s1. The maximum absolute atomic E-state index is 12.6. The Labute approximate surface area is 242 Å². The van der Waals surface area contributed by atoms with Crippen molar-refractivity contribution in [2.75, 3.05) is 46.5 Å². The first-order valence-electron chi connectivity index (χ1n) is 15.8. The normalized spacial score (nSPS) is 23.4. The van der Waals surface area contributed by atoms with Crippen molar-refractivity contribution in [3.05, 3.63) is 34.9 Å². The largest absolute Gasteiger partial charge is 0.508 e. The van der Waals surface area contributed by atoms with Gasteiger partial charge in [-0.25, -0.2) is 0 Å². The molecule has 3 aliphatic rings. The van der Waals surface area contributed by atoms with Crippen LogP contribution < -0.4 is 4.74 Å². The van der Waals surface area contributed by atoms with E-state index in [-0.39, 0.29) is 28.8 Å². The molecule has 2 aliphatic heterocycles. The molecule has 1 fully saturated rings. The number of phenols is 1. The third-order valence-corrected chi connectivity index (χ3v) is 9.87. The van der Waals surface area contributed by atoms with E-state index in [4.69, 9.17) is 14.2 Å². The van der Waals surface area contributed by atoms with Crippen molar-refractivity contribution in [2.45, 2.75) is 109 Å². The quantitative estimate of drug-likeness (QED) is 0.130. The number of likely N-dealkylation sites (N-methyl/N-ethyl adjacent to an activating group) is 1. The summed E-state index contributed by atoms with van der Waals surface area (Å²) in [5.74, 6) is 1.45. The number of carbonyl (C=O) groups is 1. The minimum atomic E-state index is -0.342. The fraction of sp³-hybridized carbons (Fsp3) is 0.735. The number of benzene rings is 1. The molecule has 1 aromatic carbocycles. The van der Waals surface area contributed by atoms with Crippen molar-refractivity contribution in [1.82, 2.24) is 0 Å². The summed E-state index contributed by atoms with van der Waals surface area (Å²) in [6.45, 7) is 16.1. The molecule has 0 bridgehead atoms. The molecule has 0 unspecified atom stereocenters. The molecule has 0 radical (unpaired) electrons. The average Bonchev–Trinajstić information content (AvgIpc) is 2.89. The second-order valence-electron chi connectivity index (χ2n) is 14.0. The molecule has 6 heteroatoms. The Morgan fingerprint density at radius 1 is 1.15 bits per heavy atom. The summed E-state index contributed by atoms with van der Waals surface area (Å²) >= 11 is 0. The van der Waals surface area contributed by atoms with Crippen molar-refractivity contribution in [3.8, 4) is 11.5 Å². The number of phenolic OH excluding ortho intramolecular Hbond substituents is 1. The first kappa shape index (κ1) is 30.9. The van der Waals surface area contributed by atoms with Gasteiger partial charge in [0.2, 0.25) is 0 Å². The van der Waals surface area contributed by atoms with E-state index in [2.05, 4.69) is 53.8 Å². The predicted molar refractivity (Wildman–Crippen MR) is 160 cm³/mol. The van der Waals surface area contributed by atoms with Gasteiger partial charge in [-0.3, -0.25) is 4.79 Å². The topological polar surface area (TPSA) is 65.0 Å². The Kier molecular flexibility index (Phi) is 9.93. The van der Waals surface area contributed by atoms with Crippen LogP contribution in [0.25, 0.3) is 0 Å². The maximum atomic E-state index is 12.6. The summed E-state index contributed by atoms with van der Waals surface area (Å²) in [5, 5.41) is 11.4. The van der Waals surface area contributed by atoms with E-state index < -0.39 is 0 Å². The fourth-order valence-corrected chi connectivity index (χ4v) is 6.97. The lowest BCUT2D eigenvalue weighted by atomic mass is 9.66. The van der Waals surface area contributed by atoms with Gasteiger partial charge in [0.15, 0.2) is 0 Å². The van der Waals surface area contributed by atoms with Gasteiger partial charge in [-0.05, 0) is 61.8 Å². The van der Waals surface area contributed by atoms with Crippen LogP contribution in [0.15, 0.2) is 23.8 Å². The lowest BCUT2D eigenvalue weighted by Crippen LogP contribution is -2.52. The lowest BCUT2D eigenvalue weighted by Gasteiger charge is -2.47. The highest BCUT2D eigenvalue weighted by molar-refractivity contribution is 5.69. The molecule has 224 valence electrons. The molecule has 0 spiro atoms. The molecular formula is C34H54NO5+. The van der Waals surface area contributed by atoms with E-state index in [1.165, 1.54) is 25.7 Å². The Hall–Kier alpha value is -2.05. The molecule has 0 saturated carbocycles.